The van der Waals surface area contributed by atoms with Crippen LogP contribution in [-0.4, -0.2) is 0 Å². The van der Waals surface area contributed by atoms with Crippen LogP contribution in [-0.2, 0) is 0 Å². The molecule has 0 fully saturated rings. The maximum atomic E-state index is 13.7. The Morgan fingerprint density at radius 1 is 1.11 bits per heavy atom. The van der Waals surface area contributed by atoms with Crippen LogP contribution >= 0.6 is 22.6 Å². The molecule has 2 rings (SSSR count). The second-order valence-electron chi connectivity index (χ2n) is 4.35. The summed E-state index contributed by atoms with van der Waals surface area (Å²) in [5, 5.41) is 3.24. The van der Waals surface area contributed by atoms with E-state index in [2.05, 4.69) is 52.2 Å². The van der Waals surface area contributed by atoms with Gasteiger partial charge in [-0.15, -0.1) is 0 Å². The highest BCUT2D eigenvalue weighted by atomic mass is 127. The minimum Gasteiger partial charge on any atom is -0.376 e. The summed E-state index contributed by atoms with van der Waals surface area (Å²) in [4.78, 5) is 0. The van der Waals surface area contributed by atoms with E-state index in [1.54, 1.807) is 6.07 Å². The minimum absolute atomic E-state index is 0.0811. The van der Waals surface area contributed by atoms with Gasteiger partial charge in [0.1, 0.15) is 5.82 Å². The van der Waals surface area contributed by atoms with Crippen LogP contribution in [0.4, 0.5) is 10.1 Å². The van der Waals surface area contributed by atoms with Crippen LogP contribution in [0.2, 0.25) is 0 Å². The third-order valence-electron chi connectivity index (χ3n) is 2.95. The van der Waals surface area contributed by atoms with Gasteiger partial charge < -0.3 is 5.32 Å². The van der Waals surface area contributed by atoms with Gasteiger partial charge in [0.15, 0.2) is 0 Å². The van der Waals surface area contributed by atoms with E-state index in [0.717, 1.165) is 11.1 Å². The fourth-order valence-electron chi connectivity index (χ4n) is 1.87. The number of benzene rings is 2. The molecule has 0 spiro atoms. The highest BCUT2D eigenvalue weighted by Crippen LogP contribution is 2.25. The van der Waals surface area contributed by atoms with Crippen LogP contribution in [0.5, 0.6) is 0 Å². The molecule has 0 aromatic heterocycles. The van der Waals surface area contributed by atoms with Gasteiger partial charge in [-0.1, -0.05) is 24.3 Å². The van der Waals surface area contributed by atoms with E-state index in [-0.39, 0.29) is 11.9 Å². The first-order valence-corrected chi connectivity index (χ1v) is 6.93. The van der Waals surface area contributed by atoms with Crippen molar-refractivity contribution in [3.8, 4) is 0 Å². The molecule has 0 radical (unpaired) electrons. The van der Waals surface area contributed by atoms with Crippen molar-refractivity contribution in [1.82, 2.24) is 0 Å². The van der Waals surface area contributed by atoms with Crippen LogP contribution in [0, 0.1) is 16.3 Å². The van der Waals surface area contributed by atoms with Gasteiger partial charge >= 0.3 is 0 Å². The second kappa shape index (κ2) is 5.69. The number of hydrogen-bond donors (Lipinski definition) is 1. The summed E-state index contributed by atoms with van der Waals surface area (Å²) in [5.74, 6) is -0.202. The molecule has 1 atom stereocenters. The largest absolute Gasteiger partial charge is 0.376 e. The molecule has 0 aliphatic rings. The summed E-state index contributed by atoms with van der Waals surface area (Å²) in [7, 11) is 0. The van der Waals surface area contributed by atoms with Gasteiger partial charge in [-0.05, 0) is 65.8 Å². The van der Waals surface area contributed by atoms with Gasteiger partial charge in [0, 0.05) is 9.61 Å². The highest BCUT2D eigenvalue weighted by molar-refractivity contribution is 14.1. The Hall–Kier alpha value is -1.10. The van der Waals surface area contributed by atoms with Crippen LogP contribution in [0.25, 0.3) is 0 Å². The SMILES string of the molecule is Cc1cccc(F)c1NC(C)c1ccc(I)cc1. The maximum Gasteiger partial charge on any atom is 0.146 e. The summed E-state index contributed by atoms with van der Waals surface area (Å²) in [6.45, 7) is 3.94. The van der Waals surface area contributed by atoms with Crippen molar-refractivity contribution in [2.75, 3.05) is 5.32 Å². The van der Waals surface area contributed by atoms with E-state index >= 15 is 0 Å². The molecule has 0 aliphatic carbocycles. The Bertz CT molecular complexity index is 516. The summed E-state index contributed by atoms with van der Waals surface area (Å²) >= 11 is 2.27. The van der Waals surface area contributed by atoms with Gasteiger partial charge in [-0.2, -0.15) is 0 Å². The fourth-order valence-corrected chi connectivity index (χ4v) is 2.23. The molecule has 2 aromatic rings. The first-order valence-electron chi connectivity index (χ1n) is 5.85. The lowest BCUT2D eigenvalue weighted by molar-refractivity contribution is 0.626. The molecular formula is C15H15FIN. The molecule has 94 valence electrons. The van der Waals surface area contributed by atoms with Gasteiger partial charge in [0.25, 0.3) is 0 Å². The molecule has 0 heterocycles. The van der Waals surface area contributed by atoms with Crippen molar-refractivity contribution in [3.63, 3.8) is 0 Å². The van der Waals surface area contributed by atoms with E-state index in [1.807, 2.05) is 19.9 Å². The van der Waals surface area contributed by atoms with E-state index < -0.39 is 0 Å². The predicted molar refractivity (Wildman–Crippen MR) is 82.3 cm³/mol. The number of para-hydroxylation sites is 1. The average Bonchev–Trinajstić information content (AvgIpc) is 2.34. The molecule has 0 amide bonds. The number of hydrogen-bond acceptors (Lipinski definition) is 1. The standard InChI is InChI=1S/C15H15FIN/c1-10-4-3-5-14(16)15(10)18-11(2)12-6-8-13(17)9-7-12/h3-9,11,18H,1-2H3. The van der Waals surface area contributed by atoms with Crippen molar-refractivity contribution in [1.29, 1.82) is 0 Å². The minimum atomic E-state index is -0.202. The molecule has 0 saturated heterocycles. The third-order valence-corrected chi connectivity index (χ3v) is 3.67. The van der Waals surface area contributed by atoms with E-state index in [0.29, 0.717) is 5.69 Å². The quantitative estimate of drug-likeness (QED) is 0.772. The third kappa shape index (κ3) is 3.02. The van der Waals surface area contributed by atoms with E-state index in [1.165, 1.54) is 9.64 Å². The predicted octanol–water partition coefficient (Wildman–Crippen LogP) is 4.91. The Morgan fingerprint density at radius 3 is 2.39 bits per heavy atom. The molecule has 2 aromatic carbocycles. The lowest BCUT2D eigenvalue weighted by atomic mass is 10.1. The van der Waals surface area contributed by atoms with Crippen LogP contribution in [0.1, 0.15) is 24.1 Å². The number of aryl methyl sites for hydroxylation is 1. The van der Waals surface area contributed by atoms with Gasteiger partial charge in [-0.3, -0.25) is 0 Å². The zero-order valence-corrected chi connectivity index (χ0v) is 12.5. The molecule has 18 heavy (non-hydrogen) atoms. The van der Waals surface area contributed by atoms with Gasteiger partial charge in [0.05, 0.1) is 5.69 Å². The molecule has 1 unspecified atom stereocenters. The first kappa shape index (κ1) is 13.3. The van der Waals surface area contributed by atoms with Gasteiger partial charge in [-0.25, -0.2) is 4.39 Å². The molecular weight excluding hydrogens is 340 g/mol. The number of nitrogens with one attached hydrogen (secondary N) is 1. The molecule has 0 bridgehead atoms. The first-order chi connectivity index (χ1) is 8.58. The van der Waals surface area contributed by atoms with Crippen molar-refractivity contribution < 1.29 is 4.39 Å². The number of rotatable bonds is 3. The zero-order chi connectivity index (χ0) is 13.1. The normalized spacial score (nSPS) is 12.2. The molecule has 1 nitrogen and oxygen atoms in total. The zero-order valence-electron chi connectivity index (χ0n) is 10.4. The lowest BCUT2D eigenvalue weighted by Gasteiger charge is -2.18. The topological polar surface area (TPSA) is 12.0 Å². The molecule has 1 N–H and O–H groups in total. The maximum absolute atomic E-state index is 13.7. The number of halogens is 2. The van der Waals surface area contributed by atoms with Crippen LogP contribution in [0.15, 0.2) is 42.5 Å². The lowest BCUT2D eigenvalue weighted by Crippen LogP contribution is -2.09. The van der Waals surface area contributed by atoms with Gasteiger partial charge in [0.2, 0.25) is 0 Å². The Kier molecular flexibility index (Phi) is 4.22. The summed E-state index contributed by atoms with van der Waals surface area (Å²) in [5.41, 5.74) is 2.66. The van der Waals surface area contributed by atoms with E-state index in [9.17, 15) is 4.39 Å². The number of anilines is 1. The smallest absolute Gasteiger partial charge is 0.146 e. The molecule has 0 aliphatic heterocycles. The second-order valence-corrected chi connectivity index (χ2v) is 5.59. The van der Waals surface area contributed by atoms with E-state index in [4.69, 9.17) is 0 Å². The average molecular weight is 355 g/mol. The fraction of sp³-hybridized carbons (Fsp3) is 0.200. The Balaban J connectivity index is 2.21. The summed E-state index contributed by atoms with van der Waals surface area (Å²) < 4.78 is 14.9. The Morgan fingerprint density at radius 2 is 1.78 bits per heavy atom. The summed E-state index contributed by atoms with van der Waals surface area (Å²) in [6, 6.07) is 13.4. The van der Waals surface area contributed by atoms with Crippen molar-refractivity contribution in [2.24, 2.45) is 0 Å². The van der Waals surface area contributed by atoms with Crippen molar-refractivity contribution >= 4 is 28.3 Å². The Labute approximate surface area is 121 Å². The molecule has 3 heteroatoms. The van der Waals surface area contributed by atoms with Crippen molar-refractivity contribution in [2.45, 2.75) is 19.9 Å². The molecule has 0 saturated carbocycles. The monoisotopic (exact) mass is 355 g/mol. The van der Waals surface area contributed by atoms with Crippen molar-refractivity contribution in [3.05, 3.63) is 63.0 Å². The van der Waals surface area contributed by atoms with Crippen LogP contribution < -0.4 is 5.32 Å². The summed E-state index contributed by atoms with van der Waals surface area (Å²) in [6.07, 6.45) is 0. The van der Waals surface area contributed by atoms with Crippen LogP contribution in [0.3, 0.4) is 0 Å². The highest BCUT2D eigenvalue weighted by Gasteiger charge is 2.10.